The molecule has 7 nitrogen and oxygen atoms in total. The number of nitrogens with one attached hydrogen (secondary N) is 1. The van der Waals surface area contributed by atoms with E-state index >= 15 is 0 Å². The number of methoxy groups -OCH3 is 1. The summed E-state index contributed by atoms with van der Waals surface area (Å²) in [5, 5.41) is 8.68. The maximum atomic E-state index is 13.6. The predicted molar refractivity (Wildman–Crippen MR) is 65.2 cm³/mol. The van der Waals surface area contributed by atoms with E-state index in [1.54, 1.807) is 0 Å². The second-order valence-corrected chi connectivity index (χ2v) is 5.47. The Hall–Kier alpha value is -2.00. The van der Waals surface area contributed by atoms with Gasteiger partial charge in [0, 0.05) is 0 Å². The Morgan fingerprint density at radius 2 is 2.00 bits per heavy atom. The van der Waals surface area contributed by atoms with Crippen molar-refractivity contribution < 1.29 is 32.2 Å². The van der Waals surface area contributed by atoms with Crippen LogP contribution in [0.3, 0.4) is 0 Å². The molecular weight excluding hydrogens is 293 g/mol. The Bertz CT molecular complexity index is 642. The van der Waals surface area contributed by atoms with Crippen molar-refractivity contribution in [1.82, 2.24) is 4.72 Å². The molecule has 110 valence electrons. The third kappa shape index (κ3) is 3.31. The Kier molecular flexibility index (Phi) is 4.79. The van der Waals surface area contributed by atoms with Gasteiger partial charge in [-0.1, -0.05) is 6.07 Å². The first-order valence-electron chi connectivity index (χ1n) is 5.32. The highest BCUT2D eigenvalue weighted by atomic mass is 32.2. The third-order valence-electron chi connectivity index (χ3n) is 2.36. The van der Waals surface area contributed by atoms with E-state index in [1.165, 1.54) is 0 Å². The number of ether oxygens (including phenoxy) is 1. The molecule has 2 N–H and O–H groups in total. The van der Waals surface area contributed by atoms with E-state index in [9.17, 15) is 22.4 Å². The number of carboxylic acid groups (broad SMARTS) is 1. The van der Waals surface area contributed by atoms with Gasteiger partial charge in [-0.15, -0.1) is 0 Å². The van der Waals surface area contributed by atoms with Crippen molar-refractivity contribution in [2.75, 3.05) is 7.11 Å². The summed E-state index contributed by atoms with van der Waals surface area (Å²) >= 11 is 0. The molecule has 0 saturated heterocycles. The number of hydrogen-bond donors (Lipinski definition) is 2. The Labute approximate surface area is 114 Å². The molecule has 0 aliphatic carbocycles. The van der Waals surface area contributed by atoms with Crippen LogP contribution in [0.15, 0.2) is 23.1 Å². The average Bonchev–Trinajstić information content (AvgIpc) is 2.36. The van der Waals surface area contributed by atoms with Crippen LogP contribution in [0.2, 0.25) is 0 Å². The van der Waals surface area contributed by atoms with Crippen LogP contribution in [0.4, 0.5) is 4.39 Å². The molecule has 1 rings (SSSR count). The lowest BCUT2D eigenvalue weighted by Gasteiger charge is -2.13. The standard InChI is InChI=1S/C11H12FNO6S/c1-6(10(14)15)13-20(17,18)8-5-3-4-7(12)9(8)11(16)19-2/h3-6,13H,1-2H3,(H,14,15)/t6-/m0/s1. The number of sulfonamides is 1. The minimum atomic E-state index is -4.38. The number of halogens is 1. The summed E-state index contributed by atoms with van der Waals surface area (Å²) in [6.45, 7) is 1.09. The van der Waals surface area contributed by atoms with Crippen molar-refractivity contribution >= 4 is 22.0 Å². The molecular formula is C11H12FNO6S. The summed E-state index contributed by atoms with van der Waals surface area (Å²) in [5.74, 6) is -3.67. The highest BCUT2D eigenvalue weighted by Gasteiger charge is 2.28. The number of benzene rings is 1. The summed E-state index contributed by atoms with van der Waals surface area (Å²) in [4.78, 5) is 21.4. The molecule has 1 atom stereocenters. The first kappa shape index (κ1) is 16.1. The monoisotopic (exact) mass is 305 g/mol. The number of carbonyl (C=O) groups is 2. The van der Waals surface area contributed by atoms with Crippen molar-refractivity contribution in [3.63, 3.8) is 0 Å². The van der Waals surface area contributed by atoms with Gasteiger partial charge in [-0.2, -0.15) is 4.72 Å². The average molecular weight is 305 g/mol. The highest BCUT2D eigenvalue weighted by molar-refractivity contribution is 7.89. The lowest BCUT2D eigenvalue weighted by molar-refractivity contribution is -0.138. The SMILES string of the molecule is COC(=O)c1c(F)cccc1S(=O)(=O)N[C@@H](C)C(=O)O. The van der Waals surface area contributed by atoms with Crippen molar-refractivity contribution in [3.05, 3.63) is 29.6 Å². The van der Waals surface area contributed by atoms with Crippen LogP contribution in [0.25, 0.3) is 0 Å². The van der Waals surface area contributed by atoms with Crippen LogP contribution < -0.4 is 4.72 Å². The zero-order chi connectivity index (χ0) is 15.5. The molecule has 9 heteroatoms. The molecule has 0 spiro atoms. The fourth-order valence-corrected chi connectivity index (χ4v) is 2.78. The summed E-state index contributed by atoms with van der Waals surface area (Å²) in [7, 11) is -3.41. The van der Waals surface area contributed by atoms with Gasteiger partial charge in [-0.25, -0.2) is 17.6 Å². The minimum absolute atomic E-state index is 0.683. The molecule has 0 fully saturated rings. The topological polar surface area (TPSA) is 110 Å². The number of esters is 1. The molecule has 0 aliphatic rings. The molecule has 0 heterocycles. The first-order chi connectivity index (χ1) is 9.20. The lowest BCUT2D eigenvalue weighted by Crippen LogP contribution is -2.39. The second kappa shape index (κ2) is 5.97. The first-order valence-corrected chi connectivity index (χ1v) is 6.81. The van der Waals surface area contributed by atoms with Crippen LogP contribution in [0.5, 0.6) is 0 Å². The van der Waals surface area contributed by atoms with E-state index in [0.717, 1.165) is 32.2 Å². The summed E-state index contributed by atoms with van der Waals surface area (Å²) in [6, 6.07) is 1.52. The van der Waals surface area contributed by atoms with E-state index in [2.05, 4.69) is 4.74 Å². The number of rotatable bonds is 5. The van der Waals surface area contributed by atoms with Crippen LogP contribution in [0, 0.1) is 5.82 Å². The molecule has 0 aromatic heterocycles. The van der Waals surface area contributed by atoms with Crippen molar-refractivity contribution in [2.45, 2.75) is 17.9 Å². The molecule has 1 aromatic carbocycles. The maximum Gasteiger partial charge on any atom is 0.342 e. The fraction of sp³-hybridized carbons (Fsp3) is 0.273. The van der Waals surface area contributed by atoms with Gasteiger partial charge in [-0.3, -0.25) is 4.79 Å². The third-order valence-corrected chi connectivity index (χ3v) is 3.94. The van der Waals surface area contributed by atoms with E-state index in [4.69, 9.17) is 5.11 Å². The Morgan fingerprint density at radius 3 is 2.50 bits per heavy atom. The molecule has 0 bridgehead atoms. The number of aliphatic carboxylic acids is 1. The van der Waals surface area contributed by atoms with Crippen LogP contribution in [-0.4, -0.2) is 38.6 Å². The molecule has 0 aliphatic heterocycles. The van der Waals surface area contributed by atoms with Crippen LogP contribution >= 0.6 is 0 Å². The molecule has 20 heavy (non-hydrogen) atoms. The second-order valence-electron chi connectivity index (χ2n) is 3.79. The smallest absolute Gasteiger partial charge is 0.342 e. The predicted octanol–water partition coefficient (Wildman–Crippen LogP) is 0.364. The van der Waals surface area contributed by atoms with Crippen molar-refractivity contribution in [1.29, 1.82) is 0 Å². The van der Waals surface area contributed by atoms with E-state index in [1.807, 2.05) is 4.72 Å². The largest absolute Gasteiger partial charge is 0.480 e. The molecule has 0 amide bonds. The van der Waals surface area contributed by atoms with E-state index in [0.29, 0.717) is 0 Å². The van der Waals surface area contributed by atoms with Gasteiger partial charge in [0.05, 0.1) is 12.0 Å². The fourth-order valence-electron chi connectivity index (χ4n) is 1.38. The van der Waals surface area contributed by atoms with Gasteiger partial charge in [-0.05, 0) is 19.1 Å². The normalized spacial score (nSPS) is 12.8. The molecule has 0 saturated carbocycles. The summed E-state index contributed by atoms with van der Waals surface area (Å²) in [5.41, 5.74) is -0.778. The van der Waals surface area contributed by atoms with Gasteiger partial charge in [0.2, 0.25) is 10.0 Å². The van der Waals surface area contributed by atoms with Gasteiger partial charge < -0.3 is 9.84 Å². The van der Waals surface area contributed by atoms with Crippen LogP contribution in [0.1, 0.15) is 17.3 Å². The van der Waals surface area contributed by atoms with E-state index in [-0.39, 0.29) is 0 Å². The zero-order valence-electron chi connectivity index (χ0n) is 10.6. The van der Waals surface area contributed by atoms with Crippen molar-refractivity contribution in [2.24, 2.45) is 0 Å². The van der Waals surface area contributed by atoms with E-state index < -0.39 is 44.3 Å². The van der Waals surface area contributed by atoms with Crippen LogP contribution in [-0.2, 0) is 19.6 Å². The Morgan fingerprint density at radius 1 is 1.40 bits per heavy atom. The quantitative estimate of drug-likeness (QED) is 0.760. The summed E-state index contributed by atoms with van der Waals surface area (Å²) in [6.07, 6.45) is 0. The number of carboxylic acids is 1. The molecule has 0 radical (unpaired) electrons. The Balaban J connectivity index is 3.36. The summed E-state index contributed by atoms with van der Waals surface area (Å²) < 4.78 is 43.7. The number of carbonyl (C=O) groups excluding carboxylic acids is 1. The zero-order valence-corrected chi connectivity index (χ0v) is 11.4. The van der Waals surface area contributed by atoms with Gasteiger partial charge in [0.15, 0.2) is 0 Å². The van der Waals surface area contributed by atoms with Gasteiger partial charge >= 0.3 is 11.9 Å². The van der Waals surface area contributed by atoms with Crippen molar-refractivity contribution in [3.8, 4) is 0 Å². The van der Waals surface area contributed by atoms with Gasteiger partial charge in [0.1, 0.15) is 17.4 Å². The maximum absolute atomic E-state index is 13.6. The minimum Gasteiger partial charge on any atom is -0.480 e. The highest BCUT2D eigenvalue weighted by Crippen LogP contribution is 2.20. The number of hydrogen-bond acceptors (Lipinski definition) is 5. The molecule has 0 unspecified atom stereocenters. The molecule has 1 aromatic rings. The lowest BCUT2D eigenvalue weighted by atomic mass is 10.2. The van der Waals surface area contributed by atoms with Gasteiger partial charge in [0.25, 0.3) is 0 Å².